The largest absolute Gasteiger partial charge is 0.377 e. The van der Waals surface area contributed by atoms with Crippen LogP contribution in [-0.2, 0) is 16.1 Å². The first-order chi connectivity index (χ1) is 12.8. The Bertz CT molecular complexity index is 766. The number of likely N-dealkylation sites (tertiary alicyclic amines) is 1. The lowest BCUT2D eigenvalue weighted by Crippen LogP contribution is -2.40. The highest BCUT2D eigenvalue weighted by Crippen LogP contribution is 2.33. The lowest BCUT2D eigenvalue weighted by Gasteiger charge is -2.25. The molecule has 0 aliphatic carbocycles. The molecule has 1 amide bonds. The van der Waals surface area contributed by atoms with E-state index in [0.29, 0.717) is 6.54 Å². The van der Waals surface area contributed by atoms with Gasteiger partial charge >= 0.3 is 0 Å². The molecular weight excluding hydrogens is 328 g/mol. The van der Waals surface area contributed by atoms with Gasteiger partial charge in [-0.05, 0) is 44.7 Å². The van der Waals surface area contributed by atoms with E-state index in [4.69, 9.17) is 9.72 Å². The van der Waals surface area contributed by atoms with E-state index in [1.807, 2.05) is 17.0 Å². The molecule has 0 bridgehead atoms. The Kier molecular flexibility index (Phi) is 5.22. The summed E-state index contributed by atoms with van der Waals surface area (Å²) >= 11 is 0. The third-order valence-electron chi connectivity index (χ3n) is 5.54. The number of para-hydroxylation sites is 2. The number of benzene rings is 1. The molecule has 2 atom stereocenters. The molecule has 6 heteroatoms. The van der Waals surface area contributed by atoms with Gasteiger partial charge in [0.2, 0.25) is 5.91 Å². The Morgan fingerprint density at radius 3 is 3.00 bits per heavy atom. The summed E-state index contributed by atoms with van der Waals surface area (Å²) in [6, 6.07) is 8.31. The summed E-state index contributed by atoms with van der Waals surface area (Å²) in [6.45, 7) is 5.81. The Balaban J connectivity index is 1.46. The predicted octanol–water partition coefficient (Wildman–Crippen LogP) is 2.49. The van der Waals surface area contributed by atoms with Crippen LogP contribution < -0.4 is 5.32 Å². The summed E-state index contributed by atoms with van der Waals surface area (Å²) in [5.74, 6) is 1.19. The topological polar surface area (TPSA) is 59.4 Å². The molecule has 1 aromatic carbocycles. The summed E-state index contributed by atoms with van der Waals surface area (Å²) < 4.78 is 7.87. The number of rotatable bonds is 6. The molecule has 0 saturated carbocycles. The van der Waals surface area contributed by atoms with Crippen LogP contribution in [0, 0.1) is 0 Å². The van der Waals surface area contributed by atoms with E-state index in [1.54, 1.807) is 0 Å². The molecule has 26 heavy (non-hydrogen) atoms. The molecule has 0 spiro atoms. The van der Waals surface area contributed by atoms with Crippen molar-refractivity contribution in [2.24, 2.45) is 0 Å². The van der Waals surface area contributed by atoms with Gasteiger partial charge in [0.1, 0.15) is 5.82 Å². The molecule has 4 rings (SSSR count). The minimum Gasteiger partial charge on any atom is -0.377 e. The van der Waals surface area contributed by atoms with Crippen molar-refractivity contribution < 1.29 is 9.53 Å². The van der Waals surface area contributed by atoms with Gasteiger partial charge in [-0.1, -0.05) is 12.1 Å². The first-order valence-electron chi connectivity index (χ1n) is 9.85. The fourth-order valence-corrected chi connectivity index (χ4v) is 4.26. The Hall–Kier alpha value is -1.92. The van der Waals surface area contributed by atoms with Crippen molar-refractivity contribution in [1.82, 2.24) is 19.8 Å². The Morgan fingerprint density at radius 1 is 1.31 bits per heavy atom. The highest BCUT2D eigenvalue weighted by molar-refractivity contribution is 5.80. The summed E-state index contributed by atoms with van der Waals surface area (Å²) in [4.78, 5) is 19.7. The third kappa shape index (κ3) is 3.35. The monoisotopic (exact) mass is 356 g/mol. The molecule has 2 fully saturated rings. The van der Waals surface area contributed by atoms with Crippen molar-refractivity contribution in [3.05, 3.63) is 30.1 Å². The van der Waals surface area contributed by atoms with Gasteiger partial charge in [-0.2, -0.15) is 0 Å². The highest BCUT2D eigenvalue weighted by atomic mass is 16.5. The number of aromatic nitrogens is 2. The maximum absolute atomic E-state index is 12.8. The SMILES string of the molecule is CCn1c(C2CCCN2C(=O)CNCC2CCCO2)nc2ccccc21. The second kappa shape index (κ2) is 7.76. The zero-order valence-corrected chi connectivity index (χ0v) is 15.5. The number of nitrogens with one attached hydrogen (secondary N) is 1. The summed E-state index contributed by atoms with van der Waals surface area (Å²) in [5.41, 5.74) is 2.17. The smallest absolute Gasteiger partial charge is 0.237 e. The van der Waals surface area contributed by atoms with Crippen molar-refractivity contribution in [3.8, 4) is 0 Å². The van der Waals surface area contributed by atoms with E-state index in [-0.39, 0.29) is 18.1 Å². The second-order valence-electron chi connectivity index (χ2n) is 7.21. The van der Waals surface area contributed by atoms with Crippen molar-refractivity contribution in [2.75, 3.05) is 26.2 Å². The minimum absolute atomic E-state index is 0.0828. The van der Waals surface area contributed by atoms with Crippen LogP contribution in [-0.4, -0.2) is 52.7 Å². The van der Waals surface area contributed by atoms with Crippen LogP contribution >= 0.6 is 0 Å². The summed E-state index contributed by atoms with van der Waals surface area (Å²) in [7, 11) is 0. The number of hydrogen-bond donors (Lipinski definition) is 1. The van der Waals surface area contributed by atoms with E-state index in [9.17, 15) is 4.79 Å². The Labute approximate surface area is 154 Å². The molecule has 6 nitrogen and oxygen atoms in total. The first-order valence-corrected chi connectivity index (χ1v) is 9.85. The minimum atomic E-state index is 0.0828. The molecule has 2 aliphatic heterocycles. The maximum Gasteiger partial charge on any atom is 0.237 e. The summed E-state index contributed by atoms with van der Waals surface area (Å²) in [6.07, 6.45) is 4.51. The highest BCUT2D eigenvalue weighted by Gasteiger charge is 2.33. The van der Waals surface area contributed by atoms with Gasteiger partial charge < -0.3 is 19.5 Å². The maximum atomic E-state index is 12.8. The van der Waals surface area contributed by atoms with Crippen LogP contribution in [0.5, 0.6) is 0 Å². The number of nitrogens with zero attached hydrogens (tertiary/aromatic N) is 3. The first kappa shape index (κ1) is 17.5. The molecule has 2 aromatic rings. The van der Waals surface area contributed by atoms with E-state index in [0.717, 1.165) is 68.8 Å². The van der Waals surface area contributed by atoms with E-state index in [2.05, 4.69) is 28.9 Å². The number of amides is 1. The molecule has 2 saturated heterocycles. The third-order valence-corrected chi connectivity index (χ3v) is 5.54. The average molecular weight is 356 g/mol. The molecule has 2 aliphatic rings. The van der Waals surface area contributed by atoms with Gasteiger partial charge in [-0.25, -0.2) is 4.98 Å². The van der Waals surface area contributed by atoms with Gasteiger partial charge in [0.15, 0.2) is 0 Å². The van der Waals surface area contributed by atoms with Crippen LogP contribution in [0.3, 0.4) is 0 Å². The number of aryl methyl sites for hydroxylation is 1. The number of carbonyl (C=O) groups is 1. The molecule has 0 radical (unpaired) electrons. The van der Waals surface area contributed by atoms with Crippen LogP contribution in [0.1, 0.15) is 44.5 Å². The fourth-order valence-electron chi connectivity index (χ4n) is 4.26. The molecule has 140 valence electrons. The predicted molar refractivity (Wildman–Crippen MR) is 101 cm³/mol. The molecule has 1 N–H and O–H groups in total. The standard InChI is InChI=1S/C20H28N4O2/c1-2-23-17-9-4-3-8-16(17)22-20(23)18-10-5-11-24(18)19(25)14-21-13-15-7-6-12-26-15/h3-4,8-9,15,18,21H,2,5-7,10-14H2,1H3. The summed E-state index contributed by atoms with van der Waals surface area (Å²) in [5, 5.41) is 3.29. The van der Waals surface area contributed by atoms with Crippen molar-refractivity contribution in [2.45, 2.75) is 51.3 Å². The fraction of sp³-hybridized carbons (Fsp3) is 0.600. The number of hydrogen-bond acceptors (Lipinski definition) is 4. The zero-order valence-electron chi connectivity index (χ0n) is 15.5. The van der Waals surface area contributed by atoms with Gasteiger partial charge in [0.05, 0.1) is 29.7 Å². The van der Waals surface area contributed by atoms with E-state index >= 15 is 0 Å². The molecule has 1 aromatic heterocycles. The van der Waals surface area contributed by atoms with Gasteiger partial charge in [-0.15, -0.1) is 0 Å². The molecular formula is C20H28N4O2. The van der Waals surface area contributed by atoms with Gasteiger partial charge in [0, 0.05) is 26.2 Å². The van der Waals surface area contributed by atoms with Gasteiger partial charge in [-0.3, -0.25) is 4.79 Å². The van der Waals surface area contributed by atoms with Crippen molar-refractivity contribution in [3.63, 3.8) is 0 Å². The van der Waals surface area contributed by atoms with Crippen molar-refractivity contribution >= 4 is 16.9 Å². The Morgan fingerprint density at radius 2 is 2.19 bits per heavy atom. The van der Waals surface area contributed by atoms with E-state index < -0.39 is 0 Å². The zero-order chi connectivity index (χ0) is 17.9. The number of imidazole rings is 1. The van der Waals surface area contributed by atoms with E-state index in [1.165, 1.54) is 0 Å². The van der Waals surface area contributed by atoms with Crippen LogP contribution in [0.15, 0.2) is 24.3 Å². The quantitative estimate of drug-likeness (QED) is 0.864. The lowest BCUT2D eigenvalue weighted by molar-refractivity contribution is -0.131. The second-order valence-corrected chi connectivity index (χ2v) is 7.21. The number of fused-ring (bicyclic) bond motifs is 1. The number of ether oxygens (including phenoxy) is 1. The normalized spacial score (nSPS) is 23.2. The van der Waals surface area contributed by atoms with Crippen molar-refractivity contribution in [1.29, 1.82) is 0 Å². The average Bonchev–Trinajstić information content (AvgIpc) is 3.39. The molecule has 3 heterocycles. The molecule has 2 unspecified atom stereocenters. The van der Waals surface area contributed by atoms with Gasteiger partial charge in [0.25, 0.3) is 0 Å². The van der Waals surface area contributed by atoms with Crippen LogP contribution in [0.2, 0.25) is 0 Å². The number of carbonyl (C=O) groups excluding carboxylic acids is 1. The van der Waals surface area contributed by atoms with Crippen LogP contribution in [0.25, 0.3) is 11.0 Å². The van der Waals surface area contributed by atoms with Crippen LogP contribution in [0.4, 0.5) is 0 Å². The lowest BCUT2D eigenvalue weighted by atomic mass is 10.2.